The van der Waals surface area contributed by atoms with Gasteiger partial charge in [-0.05, 0) is 73.0 Å². The molecule has 5 heteroatoms. The van der Waals surface area contributed by atoms with Gasteiger partial charge in [0.1, 0.15) is 0 Å². The van der Waals surface area contributed by atoms with E-state index in [0.29, 0.717) is 5.56 Å². The molecule has 1 heterocycles. The van der Waals surface area contributed by atoms with E-state index in [2.05, 4.69) is 56.2 Å². The van der Waals surface area contributed by atoms with Gasteiger partial charge in [-0.1, -0.05) is 17.9 Å². The van der Waals surface area contributed by atoms with Gasteiger partial charge < -0.3 is 8.85 Å². The Balaban J connectivity index is 1.89. The van der Waals surface area contributed by atoms with Crippen molar-refractivity contribution in [3.8, 4) is 11.8 Å². The molecule has 0 saturated carbocycles. The number of hydrogen-bond donors (Lipinski definition) is 0. The molecule has 0 fully saturated rings. The summed E-state index contributed by atoms with van der Waals surface area (Å²) >= 11 is 0. The summed E-state index contributed by atoms with van der Waals surface area (Å²) in [4.78, 5) is 11.5. The second-order valence-corrected chi connectivity index (χ2v) is 15.1. The molecular weight excluding hydrogens is 344 g/mol. The summed E-state index contributed by atoms with van der Waals surface area (Å²) in [5.74, 6) is 6.07. The fraction of sp³-hybridized carbons (Fsp3) is 0.250. The molecule has 1 aliphatic heterocycles. The van der Waals surface area contributed by atoms with Gasteiger partial charge >= 0.3 is 5.97 Å². The van der Waals surface area contributed by atoms with Gasteiger partial charge in [0, 0.05) is 11.1 Å². The maximum absolute atomic E-state index is 11.5. The highest BCUT2D eigenvalue weighted by Crippen LogP contribution is 2.21. The highest BCUT2D eigenvalue weighted by molar-refractivity contribution is 7.05. The van der Waals surface area contributed by atoms with Crippen molar-refractivity contribution in [1.29, 1.82) is 0 Å². The van der Waals surface area contributed by atoms with Gasteiger partial charge in [-0.2, -0.15) is 0 Å². The van der Waals surface area contributed by atoms with Crippen molar-refractivity contribution in [1.82, 2.24) is 0 Å². The average molecular weight is 367 g/mol. The van der Waals surface area contributed by atoms with Gasteiger partial charge in [-0.15, -0.1) is 0 Å². The third-order valence-corrected chi connectivity index (χ3v) is 12.3. The van der Waals surface area contributed by atoms with Crippen LogP contribution in [0.2, 0.25) is 26.2 Å². The number of esters is 1. The molecule has 0 bridgehead atoms. The average Bonchev–Trinajstić information content (AvgIpc) is 2.77. The van der Waals surface area contributed by atoms with E-state index in [1.54, 1.807) is 12.1 Å². The first-order valence-corrected chi connectivity index (χ1v) is 14.1. The molecule has 128 valence electrons. The van der Waals surface area contributed by atoms with Gasteiger partial charge in [0.25, 0.3) is 0 Å². The number of methoxy groups -OCH3 is 1. The second-order valence-electron chi connectivity index (χ2n) is 7.20. The van der Waals surface area contributed by atoms with Crippen LogP contribution in [0, 0.1) is 11.8 Å². The van der Waals surface area contributed by atoms with Crippen molar-refractivity contribution in [2.24, 2.45) is 0 Å². The lowest BCUT2D eigenvalue weighted by Crippen LogP contribution is -2.44. The summed E-state index contributed by atoms with van der Waals surface area (Å²) in [6.07, 6.45) is 0. The zero-order valence-electron chi connectivity index (χ0n) is 15.3. The summed E-state index contributed by atoms with van der Waals surface area (Å²) in [6, 6.07) is 13.6. The number of hydrogen-bond acceptors (Lipinski definition) is 3. The van der Waals surface area contributed by atoms with Crippen LogP contribution in [0.5, 0.6) is 0 Å². The monoisotopic (exact) mass is 366 g/mol. The molecule has 0 aliphatic carbocycles. The Bertz CT molecular complexity index is 887. The van der Waals surface area contributed by atoms with Crippen molar-refractivity contribution >= 4 is 33.0 Å². The highest BCUT2D eigenvalue weighted by Gasteiger charge is 2.46. The van der Waals surface area contributed by atoms with Crippen molar-refractivity contribution < 1.29 is 13.6 Å². The molecule has 25 heavy (non-hydrogen) atoms. The van der Waals surface area contributed by atoms with Crippen LogP contribution in [0.25, 0.3) is 0 Å². The second kappa shape index (κ2) is 6.30. The van der Waals surface area contributed by atoms with Crippen LogP contribution in [0.3, 0.4) is 0 Å². The molecule has 0 amide bonds. The van der Waals surface area contributed by atoms with Gasteiger partial charge in [-0.25, -0.2) is 4.79 Å². The van der Waals surface area contributed by atoms with Crippen molar-refractivity contribution in [2.75, 3.05) is 7.11 Å². The Morgan fingerprint density at radius 1 is 0.880 bits per heavy atom. The van der Waals surface area contributed by atoms with E-state index in [0.717, 1.165) is 11.1 Å². The third-order valence-electron chi connectivity index (χ3n) is 4.48. The topological polar surface area (TPSA) is 35.5 Å². The minimum Gasteiger partial charge on any atom is -0.465 e. The van der Waals surface area contributed by atoms with Gasteiger partial charge in [0.05, 0.1) is 12.7 Å². The van der Waals surface area contributed by atoms with Crippen LogP contribution in [0.4, 0.5) is 0 Å². The summed E-state index contributed by atoms with van der Waals surface area (Å²) in [5, 5.41) is 2.80. The molecule has 3 rings (SSSR count). The number of benzene rings is 2. The quantitative estimate of drug-likeness (QED) is 0.442. The fourth-order valence-electron chi connectivity index (χ4n) is 3.34. The summed E-state index contributed by atoms with van der Waals surface area (Å²) in [5.41, 5.74) is 2.41. The summed E-state index contributed by atoms with van der Waals surface area (Å²) in [7, 11) is -2.20. The predicted molar refractivity (Wildman–Crippen MR) is 106 cm³/mol. The van der Waals surface area contributed by atoms with Gasteiger partial charge in [0.15, 0.2) is 0 Å². The predicted octanol–water partition coefficient (Wildman–Crippen LogP) is 2.73. The van der Waals surface area contributed by atoms with Gasteiger partial charge in [0.2, 0.25) is 16.6 Å². The smallest absolute Gasteiger partial charge is 0.337 e. The van der Waals surface area contributed by atoms with E-state index in [9.17, 15) is 4.79 Å². The minimum absolute atomic E-state index is 0.336. The maximum Gasteiger partial charge on any atom is 0.337 e. The van der Waals surface area contributed by atoms with E-state index < -0.39 is 16.6 Å². The molecule has 0 N–H and O–H groups in total. The van der Waals surface area contributed by atoms with E-state index >= 15 is 0 Å². The van der Waals surface area contributed by atoms with Crippen LogP contribution in [-0.4, -0.2) is 29.7 Å². The lowest BCUT2D eigenvalue weighted by atomic mass is 10.1. The van der Waals surface area contributed by atoms with Crippen LogP contribution in [0.15, 0.2) is 42.5 Å². The molecule has 0 radical (unpaired) electrons. The molecule has 0 unspecified atom stereocenters. The van der Waals surface area contributed by atoms with Crippen molar-refractivity contribution in [3.63, 3.8) is 0 Å². The summed E-state index contributed by atoms with van der Waals surface area (Å²) in [6.45, 7) is 9.05. The largest absolute Gasteiger partial charge is 0.465 e. The molecule has 1 aliphatic rings. The number of carbonyl (C=O) groups is 1. The van der Waals surface area contributed by atoms with Crippen molar-refractivity contribution in [2.45, 2.75) is 26.2 Å². The first-order chi connectivity index (χ1) is 11.7. The number of ether oxygens (including phenoxy) is 1. The van der Waals surface area contributed by atoms with Crippen LogP contribution < -0.4 is 10.4 Å². The standard InChI is InChI=1S/C20H22O3Si2/c1-22-20(21)17-11-8-15(9-12-17)6-7-16-10-13-18-19(14-16)25(4,5)23-24(18,2)3/h8-14H,1-5H3. The first-order valence-electron chi connectivity index (χ1n) is 8.28. The van der Waals surface area contributed by atoms with Crippen LogP contribution in [0.1, 0.15) is 21.5 Å². The Morgan fingerprint density at radius 2 is 1.44 bits per heavy atom. The maximum atomic E-state index is 11.5. The number of carbonyl (C=O) groups excluding carboxylic acids is 1. The zero-order valence-corrected chi connectivity index (χ0v) is 17.3. The highest BCUT2D eigenvalue weighted by atomic mass is 28.4. The SMILES string of the molecule is COC(=O)c1ccc(C#Cc2ccc3c(c2)[Si](C)(C)O[Si]3(C)C)cc1. The lowest BCUT2D eigenvalue weighted by Gasteiger charge is -2.22. The van der Waals surface area contributed by atoms with E-state index in [1.807, 2.05) is 12.1 Å². The van der Waals surface area contributed by atoms with E-state index in [1.165, 1.54) is 17.5 Å². The Morgan fingerprint density at radius 3 is 2.08 bits per heavy atom. The van der Waals surface area contributed by atoms with E-state index in [-0.39, 0.29) is 5.97 Å². The number of rotatable bonds is 1. The van der Waals surface area contributed by atoms with E-state index in [4.69, 9.17) is 8.85 Å². The normalized spacial score (nSPS) is 16.5. The summed E-state index contributed by atoms with van der Waals surface area (Å²) < 4.78 is 11.2. The molecular formula is C20H22O3Si2. The fourth-order valence-corrected chi connectivity index (χ4v) is 13.6. The lowest BCUT2D eigenvalue weighted by molar-refractivity contribution is 0.0600. The van der Waals surface area contributed by atoms with Crippen LogP contribution >= 0.6 is 0 Å². The molecule has 0 aromatic heterocycles. The number of fused-ring (bicyclic) bond motifs is 1. The Hall–Kier alpha value is -2.14. The van der Waals surface area contributed by atoms with Gasteiger partial charge in [-0.3, -0.25) is 0 Å². The molecule has 0 spiro atoms. The third kappa shape index (κ3) is 3.47. The molecule has 3 nitrogen and oxygen atoms in total. The molecule has 0 atom stereocenters. The molecule has 2 aromatic carbocycles. The minimum atomic E-state index is -1.82. The first kappa shape index (κ1) is 17.7. The molecule has 0 saturated heterocycles. The van der Waals surface area contributed by atoms with Crippen molar-refractivity contribution in [3.05, 3.63) is 59.2 Å². The molecule has 2 aromatic rings. The zero-order chi connectivity index (χ0) is 18.2. The Kier molecular flexibility index (Phi) is 4.46. The Labute approximate surface area is 151 Å². The van der Waals surface area contributed by atoms with Crippen LogP contribution in [-0.2, 0) is 8.85 Å².